The highest BCUT2D eigenvalue weighted by atomic mass is 35.5. The summed E-state index contributed by atoms with van der Waals surface area (Å²) in [6.07, 6.45) is 8.74. The second-order valence-electron chi connectivity index (χ2n) is 5.79. The smallest absolute Gasteiger partial charge is 0.277 e. The van der Waals surface area contributed by atoms with Gasteiger partial charge in [0.25, 0.3) is 5.91 Å². The minimum Gasteiger partial charge on any atom is -0.483 e. The molecule has 0 saturated carbocycles. The van der Waals surface area contributed by atoms with Gasteiger partial charge >= 0.3 is 0 Å². The normalized spacial score (nSPS) is 11.0. The molecule has 1 N–H and O–H groups in total. The number of para-hydroxylation sites is 1. The summed E-state index contributed by atoms with van der Waals surface area (Å²) in [6, 6.07) is 18.6. The van der Waals surface area contributed by atoms with Crippen LogP contribution >= 0.6 is 11.6 Å². The van der Waals surface area contributed by atoms with Crippen LogP contribution in [0, 0.1) is 0 Å². The number of pyridine rings is 1. The first-order chi connectivity index (χ1) is 13.7. The molecule has 0 bridgehead atoms. The molecule has 0 fully saturated rings. The molecule has 3 rings (SSSR count). The fourth-order valence-electron chi connectivity index (χ4n) is 2.31. The molecule has 140 valence electrons. The van der Waals surface area contributed by atoms with Gasteiger partial charge in [-0.15, -0.1) is 0 Å². The number of rotatable bonds is 7. The highest BCUT2D eigenvalue weighted by Gasteiger charge is 2.04. The molecule has 0 unspecified atom stereocenters. The number of carbonyl (C=O) groups is 1. The SMILES string of the molecule is O=C(COc1ccccc1/C=C/c1ccc(Cl)cc1)N/N=C/c1ccncc1. The van der Waals surface area contributed by atoms with Crippen LogP contribution in [0.25, 0.3) is 12.2 Å². The van der Waals surface area contributed by atoms with E-state index < -0.39 is 0 Å². The van der Waals surface area contributed by atoms with E-state index in [0.29, 0.717) is 10.8 Å². The molecule has 1 heterocycles. The van der Waals surface area contributed by atoms with Gasteiger partial charge in [-0.05, 0) is 41.5 Å². The number of halogens is 1. The van der Waals surface area contributed by atoms with E-state index in [1.165, 1.54) is 0 Å². The van der Waals surface area contributed by atoms with E-state index in [2.05, 4.69) is 15.5 Å². The maximum Gasteiger partial charge on any atom is 0.277 e. The van der Waals surface area contributed by atoms with Crippen molar-refractivity contribution in [3.63, 3.8) is 0 Å². The van der Waals surface area contributed by atoms with Crippen LogP contribution in [0.3, 0.4) is 0 Å². The third-order valence-corrected chi connectivity index (χ3v) is 3.96. The number of hydrogen-bond donors (Lipinski definition) is 1. The van der Waals surface area contributed by atoms with Gasteiger partial charge in [0.1, 0.15) is 5.75 Å². The minimum absolute atomic E-state index is 0.139. The number of nitrogens with zero attached hydrogens (tertiary/aromatic N) is 2. The van der Waals surface area contributed by atoms with E-state index in [1.807, 2.05) is 60.7 Å². The van der Waals surface area contributed by atoms with Crippen LogP contribution in [0.1, 0.15) is 16.7 Å². The van der Waals surface area contributed by atoms with E-state index in [4.69, 9.17) is 16.3 Å². The Kier molecular flexibility index (Phi) is 6.93. The van der Waals surface area contributed by atoms with Gasteiger partial charge in [-0.2, -0.15) is 5.10 Å². The summed E-state index contributed by atoms with van der Waals surface area (Å²) in [6.45, 7) is -0.139. The van der Waals surface area contributed by atoms with E-state index in [9.17, 15) is 4.79 Å². The number of hydrazone groups is 1. The minimum atomic E-state index is -0.346. The molecular formula is C22H18ClN3O2. The first-order valence-electron chi connectivity index (χ1n) is 8.58. The lowest BCUT2D eigenvalue weighted by Crippen LogP contribution is -2.24. The van der Waals surface area contributed by atoms with E-state index in [-0.39, 0.29) is 12.5 Å². The third kappa shape index (κ3) is 6.07. The molecule has 0 aliphatic rings. The molecule has 5 nitrogen and oxygen atoms in total. The molecule has 0 saturated heterocycles. The van der Waals surface area contributed by atoms with Gasteiger partial charge in [-0.1, -0.05) is 54.1 Å². The third-order valence-electron chi connectivity index (χ3n) is 3.71. The van der Waals surface area contributed by atoms with Crippen LogP contribution in [-0.4, -0.2) is 23.7 Å². The van der Waals surface area contributed by atoms with Crippen molar-refractivity contribution in [1.29, 1.82) is 0 Å². The largest absolute Gasteiger partial charge is 0.483 e. The van der Waals surface area contributed by atoms with Gasteiger partial charge in [0.15, 0.2) is 6.61 Å². The Morgan fingerprint density at radius 1 is 1.00 bits per heavy atom. The molecule has 2 aromatic carbocycles. The zero-order chi connectivity index (χ0) is 19.6. The van der Waals surface area contributed by atoms with Crippen molar-refractivity contribution in [3.8, 4) is 5.75 Å². The Labute approximate surface area is 168 Å². The Morgan fingerprint density at radius 3 is 2.54 bits per heavy atom. The fourth-order valence-corrected chi connectivity index (χ4v) is 2.44. The lowest BCUT2D eigenvalue weighted by Gasteiger charge is -2.08. The van der Waals surface area contributed by atoms with Crippen LogP contribution in [0.15, 0.2) is 78.2 Å². The highest BCUT2D eigenvalue weighted by Crippen LogP contribution is 2.21. The summed E-state index contributed by atoms with van der Waals surface area (Å²) in [5.74, 6) is 0.266. The van der Waals surface area contributed by atoms with Crippen molar-refractivity contribution in [3.05, 3.63) is 94.8 Å². The van der Waals surface area contributed by atoms with Crippen molar-refractivity contribution in [2.75, 3.05) is 6.61 Å². The quantitative estimate of drug-likeness (QED) is 0.368. The van der Waals surface area contributed by atoms with Crippen LogP contribution < -0.4 is 10.2 Å². The van der Waals surface area contributed by atoms with Crippen LogP contribution in [-0.2, 0) is 4.79 Å². The topological polar surface area (TPSA) is 63.6 Å². The molecule has 0 aliphatic heterocycles. The number of amides is 1. The van der Waals surface area contributed by atoms with Crippen molar-refractivity contribution in [2.45, 2.75) is 0 Å². The summed E-state index contributed by atoms with van der Waals surface area (Å²) in [7, 11) is 0. The Morgan fingerprint density at radius 2 is 1.75 bits per heavy atom. The fraction of sp³-hybridized carbons (Fsp3) is 0.0455. The van der Waals surface area contributed by atoms with Crippen molar-refractivity contribution >= 4 is 35.9 Å². The lowest BCUT2D eigenvalue weighted by atomic mass is 10.1. The average Bonchev–Trinajstić information content (AvgIpc) is 2.73. The zero-order valence-corrected chi connectivity index (χ0v) is 15.7. The van der Waals surface area contributed by atoms with Gasteiger partial charge in [-0.3, -0.25) is 9.78 Å². The Hall–Kier alpha value is -3.44. The second kappa shape index (κ2) is 10.0. The van der Waals surface area contributed by atoms with Crippen molar-refractivity contribution in [1.82, 2.24) is 10.4 Å². The molecule has 0 aliphatic carbocycles. The summed E-state index contributed by atoms with van der Waals surface area (Å²) in [4.78, 5) is 15.9. The van der Waals surface area contributed by atoms with Crippen molar-refractivity contribution in [2.24, 2.45) is 5.10 Å². The molecule has 28 heavy (non-hydrogen) atoms. The van der Waals surface area contributed by atoms with E-state index in [1.54, 1.807) is 30.7 Å². The summed E-state index contributed by atoms with van der Waals surface area (Å²) in [5.41, 5.74) is 5.16. The van der Waals surface area contributed by atoms with Gasteiger partial charge in [-0.25, -0.2) is 5.43 Å². The van der Waals surface area contributed by atoms with Crippen LogP contribution in [0.5, 0.6) is 5.75 Å². The van der Waals surface area contributed by atoms with Crippen LogP contribution in [0.4, 0.5) is 0 Å². The first-order valence-corrected chi connectivity index (χ1v) is 8.96. The highest BCUT2D eigenvalue weighted by molar-refractivity contribution is 6.30. The average molecular weight is 392 g/mol. The molecular weight excluding hydrogens is 374 g/mol. The molecule has 1 amide bonds. The van der Waals surface area contributed by atoms with Gasteiger partial charge in [0, 0.05) is 23.0 Å². The Bertz CT molecular complexity index is 971. The van der Waals surface area contributed by atoms with Crippen molar-refractivity contribution < 1.29 is 9.53 Å². The second-order valence-corrected chi connectivity index (χ2v) is 6.22. The van der Waals surface area contributed by atoms with E-state index >= 15 is 0 Å². The number of aromatic nitrogens is 1. The summed E-state index contributed by atoms with van der Waals surface area (Å²) in [5, 5.41) is 4.60. The lowest BCUT2D eigenvalue weighted by molar-refractivity contribution is -0.123. The molecule has 0 spiro atoms. The predicted octanol–water partition coefficient (Wildman–Crippen LogP) is 4.43. The van der Waals surface area contributed by atoms with Crippen LogP contribution in [0.2, 0.25) is 5.02 Å². The molecule has 0 radical (unpaired) electrons. The summed E-state index contributed by atoms with van der Waals surface area (Å²) >= 11 is 5.90. The van der Waals surface area contributed by atoms with Gasteiger partial charge in [0.05, 0.1) is 6.21 Å². The molecule has 3 aromatic rings. The molecule has 0 atom stereocenters. The number of benzene rings is 2. The van der Waals surface area contributed by atoms with Gasteiger partial charge in [0.2, 0.25) is 0 Å². The number of ether oxygens (including phenoxy) is 1. The Balaban J connectivity index is 1.56. The summed E-state index contributed by atoms with van der Waals surface area (Å²) < 4.78 is 5.64. The predicted molar refractivity (Wildman–Crippen MR) is 112 cm³/mol. The number of carbonyl (C=O) groups excluding carboxylic acids is 1. The van der Waals surface area contributed by atoms with E-state index in [0.717, 1.165) is 16.7 Å². The number of nitrogens with one attached hydrogen (secondary N) is 1. The zero-order valence-electron chi connectivity index (χ0n) is 15.0. The maximum absolute atomic E-state index is 11.9. The standard InChI is InChI=1S/C22H18ClN3O2/c23-20-9-6-17(7-10-20)5-8-19-3-1-2-4-21(19)28-16-22(27)26-25-15-18-11-13-24-14-12-18/h1-15H,16H2,(H,26,27)/b8-5+,25-15+. The first kappa shape index (κ1) is 19.3. The maximum atomic E-state index is 11.9. The molecule has 1 aromatic heterocycles. The number of hydrogen-bond acceptors (Lipinski definition) is 4. The molecule has 6 heteroatoms. The monoisotopic (exact) mass is 391 g/mol. The van der Waals surface area contributed by atoms with Gasteiger partial charge < -0.3 is 4.74 Å².